The van der Waals surface area contributed by atoms with Gasteiger partial charge in [-0.05, 0) is 24.3 Å². The van der Waals surface area contributed by atoms with Gasteiger partial charge in [0.05, 0.1) is 24.5 Å². The van der Waals surface area contributed by atoms with Gasteiger partial charge in [0.25, 0.3) is 0 Å². The molecule has 32 heavy (non-hydrogen) atoms. The Morgan fingerprint density at radius 2 is 1.66 bits per heavy atom. The van der Waals surface area contributed by atoms with Gasteiger partial charge in [-0.3, -0.25) is 14.5 Å². The average molecular weight is 448 g/mol. The van der Waals surface area contributed by atoms with E-state index < -0.39 is 18.1 Å². The SMILES string of the molecule is COC(CNC(=O)C(=O)NCC(c1ccco1)N1CCN(c2ccccc2F)CC1)OC. The molecule has 2 amide bonds. The van der Waals surface area contributed by atoms with Gasteiger partial charge in [0.1, 0.15) is 11.6 Å². The molecular weight excluding hydrogens is 419 g/mol. The van der Waals surface area contributed by atoms with Gasteiger partial charge in [-0.25, -0.2) is 4.39 Å². The summed E-state index contributed by atoms with van der Waals surface area (Å²) in [4.78, 5) is 28.5. The number of nitrogens with one attached hydrogen (secondary N) is 2. The van der Waals surface area contributed by atoms with Crippen LogP contribution in [0.1, 0.15) is 11.8 Å². The quantitative estimate of drug-likeness (QED) is 0.439. The van der Waals surface area contributed by atoms with Crippen molar-refractivity contribution in [2.24, 2.45) is 0 Å². The van der Waals surface area contributed by atoms with E-state index in [4.69, 9.17) is 13.9 Å². The molecule has 3 rings (SSSR count). The zero-order valence-corrected chi connectivity index (χ0v) is 18.3. The van der Waals surface area contributed by atoms with Crippen LogP contribution in [-0.2, 0) is 19.1 Å². The number of furan rings is 1. The van der Waals surface area contributed by atoms with Crippen LogP contribution in [0.2, 0.25) is 0 Å². The van der Waals surface area contributed by atoms with Crippen LogP contribution in [0, 0.1) is 5.82 Å². The third kappa shape index (κ3) is 6.06. The molecule has 10 heteroatoms. The molecular formula is C22H29FN4O5. The summed E-state index contributed by atoms with van der Waals surface area (Å²) in [6, 6.07) is 10.1. The normalized spacial score (nSPS) is 15.6. The molecule has 9 nitrogen and oxygen atoms in total. The second-order valence-corrected chi connectivity index (χ2v) is 7.33. The standard InChI is InChI=1S/C22H29FN4O5/c1-30-20(31-2)15-25-22(29)21(28)24-14-18(19-8-5-13-32-19)27-11-9-26(10-12-27)17-7-4-3-6-16(17)23/h3-8,13,18,20H,9-12,14-15H2,1-2H3,(H,24,28)(H,25,29). The lowest BCUT2D eigenvalue weighted by Gasteiger charge is -2.39. The maximum atomic E-state index is 14.1. The Hall–Kier alpha value is -2.95. The van der Waals surface area contributed by atoms with Crippen LogP contribution in [-0.4, -0.2) is 76.5 Å². The second-order valence-electron chi connectivity index (χ2n) is 7.33. The van der Waals surface area contributed by atoms with E-state index >= 15 is 0 Å². The highest BCUT2D eigenvalue weighted by atomic mass is 19.1. The molecule has 2 heterocycles. The van der Waals surface area contributed by atoms with E-state index in [0.717, 1.165) is 0 Å². The van der Waals surface area contributed by atoms with Crippen molar-refractivity contribution in [1.29, 1.82) is 0 Å². The van der Waals surface area contributed by atoms with Crippen molar-refractivity contribution in [3.63, 3.8) is 0 Å². The number of rotatable bonds is 9. The second kappa shape index (κ2) is 11.6. The van der Waals surface area contributed by atoms with Crippen LogP contribution in [0.5, 0.6) is 0 Å². The topological polar surface area (TPSA) is 96.3 Å². The van der Waals surface area contributed by atoms with Gasteiger partial charge >= 0.3 is 11.8 Å². The van der Waals surface area contributed by atoms with E-state index in [2.05, 4.69) is 15.5 Å². The van der Waals surface area contributed by atoms with Crippen LogP contribution < -0.4 is 15.5 Å². The number of carbonyl (C=O) groups is 2. The van der Waals surface area contributed by atoms with Crippen LogP contribution >= 0.6 is 0 Å². The zero-order valence-electron chi connectivity index (χ0n) is 18.3. The molecule has 1 aliphatic rings. The predicted octanol–water partition coefficient (Wildman–Crippen LogP) is 1.13. The summed E-state index contributed by atoms with van der Waals surface area (Å²) in [6.07, 6.45) is 0.940. The van der Waals surface area contributed by atoms with Crippen LogP contribution in [0.4, 0.5) is 10.1 Å². The number of hydrogen-bond donors (Lipinski definition) is 2. The molecule has 1 aromatic carbocycles. The number of anilines is 1. The van der Waals surface area contributed by atoms with Crippen LogP contribution in [0.3, 0.4) is 0 Å². The number of carbonyl (C=O) groups excluding carboxylic acids is 2. The minimum Gasteiger partial charge on any atom is -0.468 e. The first-order valence-electron chi connectivity index (χ1n) is 10.4. The van der Waals surface area contributed by atoms with E-state index in [9.17, 15) is 14.0 Å². The van der Waals surface area contributed by atoms with E-state index in [1.54, 1.807) is 24.5 Å². The highest BCUT2D eigenvalue weighted by Crippen LogP contribution is 2.25. The van der Waals surface area contributed by atoms with Crippen molar-refractivity contribution in [3.05, 3.63) is 54.2 Å². The van der Waals surface area contributed by atoms with Crippen LogP contribution in [0.15, 0.2) is 47.1 Å². The summed E-state index contributed by atoms with van der Waals surface area (Å²) in [5.74, 6) is -1.08. The Balaban J connectivity index is 1.57. The number of hydrogen-bond acceptors (Lipinski definition) is 7. The number of piperazine rings is 1. The third-order valence-corrected chi connectivity index (χ3v) is 5.44. The van der Waals surface area contributed by atoms with E-state index in [-0.39, 0.29) is 24.9 Å². The number of benzene rings is 1. The Bertz CT molecular complexity index is 867. The Labute approximate surface area is 186 Å². The first kappa shape index (κ1) is 23.7. The first-order valence-corrected chi connectivity index (χ1v) is 10.4. The summed E-state index contributed by atoms with van der Waals surface area (Å²) < 4.78 is 29.7. The highest BCUT2D eigenvalue weighted by molar-refractivity contribution is 6.35. The van der Waals surface area contributed by atoms with E-state index in [1.807, 2.05) is 17.0 Å². The molecule has 1 aliphatic heterocycles. The molecule has 0 aliphatic carbocycles. The maximum Gasteiger partial charge on any atom is 0.309 e. The molecule has 1 saturated heterocycles. The van der Waals surface area contributed by atoms with Gasteiger partial charge in [0.2, 0.25) is 0 Å². The summed E-state index contributed by atoms with van der Waals surface area (Å²) in [6.45, 7) is 2.79. The molecule has 1 unspecified atom stereocenters. The molecule has 1 aromatic heterocycles. The average Bonchev–Trinajstić information content (AvgIpc) is 3.35. The fraction of sp³-hybridized carbons (Fsp3) is 0.455. The van der Waals surface area contributed by atoms with Crippen molar-refractivity contribution >= 4 is 17.5 Å². The van der Waals surface area contributed by atoms with E-state index in [0.29, 0.717) is 37.6 Å². The molecule has 0 bridgehead atoms. The van der Waals surface area contributed by atoms with Crippen molar-refractivity contribution < 1.29 is 27.9 Å². The lowest BCUT2D eigenvalue weighted by atomic mass is 10.1. The van der Waals surface area contributed by atoms with Gasteiger partial charge < -0.3 is 29.4 Å². The fourth-order valence-corrected chi connectivity index (χ4v) is 3.66. The summed E-state index contributed by atoms with van der Waals surface area (Å²) in [5, 5.41) is 5.14. The van der Waals surface area contributed by atoms with Gasteiger partial charge in [-0.2, -0.15) is 0 Å². The lowest BCUT2D eigenvalue weighted by molar-refractivity contribution is -0.141. The van der Waals surface area contributed by atoms with Crippen LogP contribution in [0.25, 0.3) is 0 Å². The minimum atomic E-state index is -0.772. The monoisotopic (exact) mass is 448 g/mol. The fourth-order valence-electron chi connectivity index (χ4n) is 3.66. The molecule has 1 fully saturated rings. The third-order valence-electron chi connectivity index (χ3n) is 5.44. The predicted molar refractivity (Wildman–Crippen MR) is 115 cm³/mol. The number of methoxy groups -OCH3 is 2. The Kier molecular flexibility index (Phi) is 8.60. The lowest BCUT2D eigenvalue weighted by Crippen LogP contribution is -2.51. The Morgan fingerprint density at radius 3 is 2.25 bits per heavy atom. The van der Waals surface area contributed by atoms with Crippen molar-refractivity contribution in [2.75, 3.05) is 58.4 Å². The number of nitrogens with zero attached hydrogens (tertiary/aromatic N) is 2. The van der Waals surface area contributed by atoms with Gasteiger partial charge in [-0.15, -0.1) is 0 Å². The molecule has 1 atom stereocenters. The van der Waals surface area contributed by atoms with Crippen molar-refractivity contribution in [2.45, 2.75) is 12.3 Å². The molecule has 174 valence electrons. The Morgan fingerprint density at radius 1 is 1.00 bits per heavy atom. The molecule has 0 spiro atoms. The zero-order chi connectivity index (χ0) is 22.9. The smallest absolute Gasteiger partial charge is 0.309 e. The van der Waals surface area contributed by atoms with Gasteiger partial charge in [0, 0.05) is 46.9 Å². The number of para-hydroxylation sites is 1. The largest absolute Gasteiger partial charge is 0.468 e. The molecule has 0 radical (unpaired) electrons. The first-order chi connectivity index (χ1) is 15.5. The summed E-state index contributed by atoms with van der Waals surface area (Å²) in [5.41, 5.74) is 0.581. The number of amides is 2. The molecule has 0 saturated carbocycles. The minimum absolute atomic E-state index is 0.0544. The number of ether oxygens (including phenoxy) is 2. The van der Waals surface area contributed by atoms with Crippen molar-refractivity contribution in [1.82, 2.24) is 15.5 Å². The summed E-state index contributed by atoms with van der Waals surface area (Å²) in [7, 11) is 2.89. The molecule has 2 N–H and O–H groups in total. The van der Waals surface area contributed by atoms with Crippen molar-refractivity contribution in [3.8, 4) is 0 Å². The van der Waals surface area contributed by atoms with E-state index in [1.165, 1.54) is 20.3 Å². The van der Waals surface area contributed by atoms with Gasteiger partial charge in [-0.1, -0.05) is 12.1 Å². The number of halogens is 1. The highest BCUT2D eigenvalue weighted by Gasteiger charge is 2.29. The molecule has 2 aromatic rings. The van der Waals surface area contributed by atoms with Gasteiger partial charge in [0.15, 0.2) is 6.29 Å². The summed E-state index contributed by atoms with van der Waals surface area (Å²) >= 11 is 0. The maximum absolute atomic E-state index is 14.1.